The van der Waals surface area contributed by atoms with Gasteiger partial charge in [-0.2, -0.15) is 0 Å². The fourth-order valence-corrected chi connectivity index (χ4v) is 6.73. The van der Waals surface area contributed by atoms with Crippen molar-refractivity contribution in [2.45, 2.75) is 0 Å². The second-order valence-electron chi connectivity index (χ2n) is 11.4. The molecule has 3 heteroatoms. The highest BCUT2D eigenvalue weighted by molar-refractivity contribution is 6.15. The van der Waals surface area contributed by atoms with Gasteiger partial charge in [-0.1, -0.05) is 103 Å². The molecular weight excluding hydrogens is 548 g/mol. The van der Waals surface area contributed by atoms with Crippen molar-refractivity contribution in [2.75, 3.05) is 4.90 Å². The number of benzene rings is 7. The maximum absolute atomic E-state index is 6.26. The average molecular weight is 577 g/mol. The Hall–Kier alpha value is -6.06. The van der Waals surface area contributed by atoms with E-state index in [4.69, 9.17) is 4.74 Å². The van der Waals surface area contributed by atoms with Crippen LogP contribution in [0.1, 0.15) is 0 Å². The van der Waals surface area contributed by atoms with Gasteiger partial charge >= 0.3 is 0 Å². The molecule has 0 unspecified atom stereocenters. The number of nitrogens with zero attached hydrogens (tertiary/aromatic N) is 2. The van der Waals surface area contributed by atoms with Gasteiger partial charge in [0.15, 0.2) is 11.5 Å². The predicted molar refractivity (Wildman–Crippen MR) is 186 cm³/mol. The Labute approximate surface area is 261 Å². The Morgan fingerprint density at radius 1 is 0.400 bits per heavy atom. The van der Waals surface area contributed by atoms with Crippen molar-refractivity contribution in [3.05, 3.63) is 170 Å². The van der Waals surface area contributed by atoms with E-state index < -0.39 is 0 Å². The zero-order chi connectivity index (χ0) is 29.7. The SMILES string of the molecule is c1ccc(-c2cc(-c3ccccc3)c3c(c2)c2ccccc2n3-c2ccc(N3c4ccccc4Oc4ccccc43)cc2)cc1. The maximum atomic E-state index is 6.26. The number of aromatic nitrogens is 1. The molecule has 1 aromatic heterocycles. The van der Waals surface area contributed by atoms with Crippen molar-refractivity contribution < 1.29 is 4.74 Å². The summed E-state index contributed by atoms with van der Waals surface area (Å²) in [6.45, 7) is 0. The molecule has 212 valence electrons. The fourth-order valence-electron chi connectivity index (χ4n) is 6.73. The number of para-hydroxylation sites is 5. The molecule has 0 atom stereocenters. The third kappa shape index (κ3) is 4.13. The van der Waals surface area contributed by atoms with E-state index in [1.54, 1.807) is 0 Å². The van der Waals surface area contributed by atoms with E-state index in [1.807, 2.05) is 24.3 Å². The topological polar surface area (TPSA) is 17.4 Å². The molecule has 0 aliphatic carbocycles. The van der Waals surface area contributed by atoms with Gasteiger partial charge in [-0.05, 0) is 83.4 Å². The van der Waals surface area contributed by atoms with Crippen LogP contribution in [0.2, 0.25) is 0 Å². The largest absolute Gasteiger partial charge is 0.453 e. The van der Waals surface area contributed by atoms with E-state index in [0.717, 1.165) is 34.2 Å². The van der Waals surface area contributed by atoms with Crippen LogP contribution in [0.4, 0.5) is 17.1 Å². The molecule has 0 N–H and O–H groups in total. The van der Waals surface area contributed by atoms with Gasteiger partial charge in [-0.3, -0.25) is 0 Å². The highest BCUT2D eigenvalue weighted by atomic mass is 16.5. The summed E-state index contributed by atoms with van der Waals surface area (Å²) in [5.41, 5.74) is 11.5. The number of hydrogen-bond acceptors (Lipinski definition) is 2. The standard InChI is InChI=1S/C42H28N2O/c1-3-13-29(14-4-1)31-27-35(30-15-5-2-6-16-30)42-36(28-31)34-17-7-8-18-37(34)44(42)33-25-23-32(24-26-33)43-38-19-9-11-21-40(38)45-41-22-12-10-20-39(41)43/h1-28H. The summed E-state index contributed by atoms with van der Waals surface area (Å²) in [5, 5.41) is 2.48. The number of anilines is 3. The van der Waals surface area contributed by atoms with Crippen molar-refractivity contribution >= 4 is 38.9 Å². The van der Waals surface area contributed by atoms with Gasteiger partial charge in [0.1, 0.15) is 0 Å². The van der Waals surface area contributed by atoms with E-state index in [-0.39, 0.29) is 0 Å². The first kappa shape index (κ1) is 25.4. The summed E-state index contributed by atoms with van der Waals surface area (Å²) < 4.78 is 8.68. The molecular formula is C42H28N2O. The molecule has 1 aliphatic rings. The average Bonchev–Trinajstić information content (AvgIpc) is 3.45. The highest BCUT2D eigenvalue weighted by Crippen LogP contribution is 2.50. The normalized spacial score (nSPS) is 12.1. The van der Waals surface area contributed by atoms with Crippen molar-refractivity contribution in [1.82, 2.24) is 4.57 Å². The van der Waals surface area contributed by atoms with Gasteiger partial charge in [0.2, 0.25) is 0 Å². The number of fused-ring (bicyclic) bond motifs is 5. The van der Waals surface area contributed by atoms with Crippen LogP contribution in [0.3, 0.4) is 0 Å². The summed E-state index contributed by atoms with van der Waals surface area (Å²) in [4.78, 5) is 2.28. The fraction of sp³-hybridized carbons (Fsp3) is 0. The number of hydrogen-bond donors (Lipinski definition) is 0. The van der Waals surface area contributed by atoms with Gasteiger partial charge in [0, 0.05) is 27.7 Å². The lowest BCUT2D eigenvalue weighted by Gasteiger charge is -2.32. The first-order valence-corrected chi connectivity index (χ1v) is 15.3. The molecule has 0 amide bonds. The molecule has 1 aliphatic heterocycles. The quantitative estimate of drug-likeness (QED) is 0.207. The Kier molecular flexibility index (Phi) is 5.82. The van der Waals surface area contributed by atoms with E-state index in [2.05, 4.69) is 155 Å². The summed E-state index contributed by atoms with van der Waals surface area (Å²) in [5.74, 6) is 1.70. The predicted octanol–water partition coefficient (Wildman–Crippen LogP) is 11.7. The molecule has 0 saturated carbocycles. The lowest BCUT2D eigenvalue weighted by atomic mass is 9.95. The molecule has 0 radical (unpaired) electrons. The van der Waals surface area contributed by atoms with E-state index >= 15 is 0 Å². The molecule has 0 fully saturated rings. The third-order valence-corrected chi connectivity index (χ3v) is 8.76. The Morgan fingerprint density at radius 2 is 0.956 bits per heavy atom. The second-order valence-corrected chi connectivity index (χ2v) is 11.4. The van der Waals surface area contributed by atoms with Crippen LogP contribution in [0.15, 0.2) is 170 Å². The Morgan fingerprint density at radius 3 is 1.64 bits per heavy atom. The summed E-state index contributed by atoms with van der Waals surface area (Å²) in [7, 11) is 0. The summed E-state index contributed by atoms with van der Waals surface area (Å²) in [6.07, 6.45) is 0. The minimum atomic E-state index is 0.851. The minimum absolute atomic E-state index is 0.851. The molecule has 2 heterocycles. The zero-order valence-corrected chi connectivity index (χ0v) is 24.5. The molecule has 7 aromatic carbocycles. The van der Waals surface area contributed by atoms with E-state index in [9.17, 15) is 0 Å². The third-order valence-electron chi connectivity index (χ3n) is 8.76. The molecule has 0 spiro atoms. The van der Waals surface area contributed by atoms with E-state index in [0.29, 0.717) is 0 Å². The lowest BCUT2D eigenvalue weighted by Crippen LogP contribution is -2.15. The Bertz CT molecular complexity index is 2290. The molecule has 9 rings (SSSR count). The molecule has 8 aromatic rings. The smallest absolute Gasteiger partial charge is 0.151 e. The summed E-state index contributed by atoms with van der Waals surface area (Å²) >= 11 is 0. The number of ether oxygens (including phenoxy) is 1. The molecule has 0 saturated heterocycles. The van der Waals surface area contributed by atoms with Crippen LogP contribution in [0.5, 0.6) is 11.5 Å². The van der Waals surface area contributed by atoms with Gasteiger partial charge < -0.3 is 14.2 Å². The first-order chi connectivity index (χ1) is 22.3. The van der Waals surface area contributed by atoms with Crippen molar-refractivity contribution in [1.29, 1.82) is 0 Å². The summed E-state index contributed by atoms with van der Waals surface area (Å²) in [6, 6.07) is 60.2. The van der Waals surface area contributed by atoms with Crippen LogP contribution < -0.4 is 9.64 Å². The molecule has 3 nitrogen and oxygen atoms in total. The molecule has 0 bridgehead atoms. The van der Waals surface area contributed by atoms with E-state index in [1.165, 1.54) is 44.1 Å². The van der Waals surface area contributed by atoms with Crippen LogP contribution in [-0.4, -0.2) is 4.57 Å². The lowest BCUT2D eigenvalue weighted by molar-refractivity contribution is 0.477. The van der Waals surface area contributed by atoms with Crippen molar-refractivity contribution in [2.24, 2.45) is 0 Å². The monoisotopic (exact) mass is 576 g/mol. The van der Waals surface area contributed by atoms with Crippen LogP contribution in [0.25, 0.3) is 49.7 Å². The van der Waals surface area contributed by atoms with Gasteiger partial charge in [-0.15, -0.1) is 0 Å². The van der Waals surface area contributed by atoms with Crippen LogP contribution in [0, 0.1) is 0 Å². The molecule has 45 heavy (non-hydrogen) atoms. The minimum Gasteiger partial charge on any atom is -0.453 e. The van der Waals surface area contributed by atoms with Crippen molar-refractivity contribution in [3.63, 3.8) is 0 Å². The highest BCUT2D eigenvalue weighted by Gasteiger charge is 2.25. The second kappa shape index (κ2) is 10.3. The zero-order valence-electron chi connectivity index (χ0n) is 24.5. The van der Waals surface area contributed by atoms with Crippen LogP contribution in [-0.2, 0) is 0 Å². The van der Waals surface area contributed by atoms with Gasteiger partial charge in [0.25, 0.3) is 0 Å². The van der Waals surface area contributed by atoms with Crippen molar-refractivity contribution in [3.8, 4) is 39.4 Å². The Balaban J connectivity index is 1.27. The maximum Gasteiger partial charge on any atom is 0.151 e. The van der Waals surface area contributed by atoms with Gasteiger partial charge in [0.05, 0.1) is 22.4 Å². The van der Waals surface area contributed by atoms with Crippen LogP contribution >= 0.6 is 0 Å². The number of rotatable bonds is 4. The van der Waals surface area contributed by atoms with Gasteiger partial charge in [-0.25, -0.2) is 0 Å². The first-order valence-electron chi connectivity index (χ1n) is 15.3.